The normalized spacial score (nSPS) is 10.4. The summed E-state index contributed by atoms with van der Waals surface area (Å²) in [4.78, 5) is 24.9. The predicted octanol–water partition coefficient (Wildman–Crippen LogP) is 3.72. The number of aromatic carboxylic acids is 1. The second-order valence-electron chi connectivity index (χ2n) is 5.18. The topological polar surface area (TPSA) is 89.9 Å². The number of carboxylic acids is 1. The highest BCUT2D eigenvalue weighted by Gasteiger charge is 2.18. The van der Waals surface area contributed by atoms with E-state index in [2.05, 4.69) is 5.32 Å². The van der Waals surface area contributed by atoms with Gasteiger partial charge in [0.05, 0.1) is 27.9 Å². The largest absolute Gasteiger partial charge is 0.478 e. The summed E-state index contributed by atoms with van der Waals surface area (Å²) in [6.07, 6.45) is 0. The number of carbonyl (C=O) groups excluding carboxylic acids is 1. The maximum absolute atomic E-state index is 12.5. The summed E-state index contributed by atoms with van der Waals surface area (Å²) in [5, 5.41) is 20.8. The van der Waals surface area contributed by atoms with Crippen LogP contribution in [-0.4, -0.2) is 40.3 Å². The molecule has 0 saturated heterocycles. The van der Waals surface area contributed by atoms with E-state index in [4.69, 9.17) is 28.3 Å². The molecule has 8 heteroatoms. The van der Waals surface area contributed by atoms with Crippen LogP contribution in [0.3, 0.4) is 0 Å². The lowest BCUT2D eigenvalue weighted by atomic mass is 10.2. The van der Waals surface area contributed by atoms with Crippen LogP contribution in [0.5, 0.6) is 0 Å². The van der Waals surface area contributed by atoms with Crippen LogP contribution in [0, 0.1) is 0 Å². The third kappa shape index (κ3) is 5.09. The molecule has 2 aromatic rings. The molecule has 0 radical (unpaired) electrons. The summed E-state index contributed by atoms with van der Waals surface area (Å²) in [5.74, 6) is -1.17. The average Bonchev–Trinajstić information content (AvgIpc) is 2.58. The third-order valence-corrected chi connectivity index (χ3v) is 3.99. The lowest BCUT2D eigenvalue weighted by Gasteiger charge is -2.23. The van der Waals surface area contributed by atoms with E-state index in [9.17, 15) is 14.7 Å². The van der Waals surface area contributed by atoms with Gasteiger partial charge in [0.25, 0.3) is 0 Å². The average molecular weight is 383 g/mol. The number of amides is 2. The zero-order valence-electron chi connectivity index (χ0n) is 13.1. The molecule has 0 atom stereocenters. The Bertz CT molecular complexity index is 745. The minimum absolute atomic E-state index is 0.0157. The summed E-state index contributed by atoms with van der Waals surface area (Å²) in [7, 11) is 0. The second-order valence-corrected chi connectivity index (χ2v) is 6.00. The molecule has 0 aromatic heterocycles. The van der Waals surface area contributed by atoms with Crippen LogP contribution in [-0.2, 0) is 6.54 Å². The molecule has 0 saturated carbocycles. The van der Waals surface area contributed by atoms with Gasteiger partial charge in [-0.1, -0.05) is 53.5 Å². The van der Waals surface area contributed by atoms with Crippen molar-refractivity contribution in [2.24, 2.45) is 0 Å². The number of halogens is 2. The summed E-state index contributed by atoms with van der Waals surface area (Å²) >= 11 is 12.1. The van der Waals surface area contributed by atoms with Gasteiger partial charge in [-0.15, -0.1) is 0 Å². The van der Waals surface area contributed by atoms with Crippen molar-refractivity contribution in [1.29, 1.82) is 0 Å². The zero-order chi connectivity index (χ0) is 18.4. The van der Waals surface area contributed by atoms with Crippen molar-refractivity contribution in [2.45, 2.75) is 6.54 Å². The number of carboxylic acid groups (broad SMARTS) is 1. The lowest BCUT2D eigenvalue weighted by molar-refractivity contribution is 0.0697. The summed E-state index contributed by atoms with van der Waals surface area (Å²) in [6, 6.07) is 11.2. The molecule has 25 heavy (non-hydrogen) atoms. The molecular formula is C17H16Cl2N2O4. The standard InChI is InChI=1S/C17H16Cl2N2O4/c18-13-8-12(16(23)24)9-14(19)15(13)20-17(25)21(6-7-22)10-11-4-2-1-3-5-11/h1-5,8-9,22H,6-7,10H2,(H,20,25)(H,23,24). The van der Waals surface area contributed by atoms with Crippen molar-refractivity contribution in [3.8, 4) is 0 Å². The number of aliphatic hydroxyl groups excluding tert-OH is 1. The number of urea groups is 1. The minimum atomic E-state index is -1.17. The van der Waals surface area contributed by atoms with Gasteiger partial charge in [0.1, 0.15) is 0 Å². The Labute approximate surface area is 154 Å². The molecule has 0 spiro atoms. The number of rotatable bonds is 6. The molecule has 0 unspecified atom stereocenters. The van der Waals surface area contributed by atoms with E-state index >= 15 is 0 Å². The van der Waals surface area contributed by atoms with Gasteiger partial charge >= 0.3 is 12.0 Å². The second kappa shape index (κ2) is 8.71. The van der Waals surface area contributed by atoms with Crippen LogP contribution in [0.15, 0.2) is 42.5 Å². The number of benzene rings is 2. The Balaban J connectivity index is 2.19. The van der Waals surface area contributed by atoms with Gasteiger partial charge in [-0.2, -0.15) is 0 Å². The van der Waals surface area contributed by atoms with E-state index in [1.54, 1.807) is 0 Å². The number of hydrogen-bond donors (Lipinski definition) is 3. The lowest BCUT2D eigenvalue weighted by Crippen LogP contribution is -2.36. The number of nitrogens with one attached hydrogen (secondary N) is 1. The van der Waals surface area contributed by atoms with Gasteiger partial charge in [0.2, 0.25) is 0 Å². The number of aliphatic hydroxyl groups is 1. The van der Waals surface area contributed by atoms with Crippen molar-refractivity contribution >= 4 is 40.9 Å². The first-order valence-electron chi connectivity index (χ1n) is 7.35. The van der Waals surface area contributed by atoms with Gasteiger partial charge < -0.3 is 20.4 Å². The van der Waals surface area contributed by atoms with Crippen LogP contribution < -0.4 is 5.32 Å². The molecule has 3 N–H and O–H groups in total. The highest BCUT2D eigenvalue weighted by Crippen LogP contribution is 2.32. The SMILES string of the molecule is O=C(O)c1cc(Cl)c(NC(=O)N(CCO)Cc2ccccc2)c(Cl)c1. The molecule has 0 heterocycles. The van der Waals surface area contributed by atoms with E-state index < -0.39 is 12.0 Å². The number of anilines is 1. The number of carbonyl (C=O) groups is 2. The molecular weight excluding hydrogens is 367 g/mol. The van der Waals surface area contributed by atoms with E-state index in [-0.39, 0.29) is 41.0 Å². The highest BCUT2D eigenvalue weighted by molar-refractivity contribution is 6.40. The summed E-state index contributed by atoms with van der Waals surface area (Å²) < 4.78 is 0. The van der Waals surface area contributed by atoms with E-state index in [1.165, 1.54) is 17.0 Å². The molecule has 2 rings (SSSR count). The number of hydrogen-bond acceptors (Lipinski definition) is 3. The van der Waals surface area contributed by atoms with Crippen molar-refractivity contribution in [3.63, 3.8) is 0 Å². The van der Waals surface area contributed by atoms with Crippen LogP contribution in [0.25, 0.3) is 0 Å². The first-order valence-corrected chi connectivity index (χ1v) is 8.11. The fourth-order valence-corrected chi connectivity index (χ4v) is 2.76. The smallest absolute Gasteiger partial charge is 0.335 e. The van der Waals surface area contributed by atoms with Crippen molar-refractivity contribution in [3.05, 3.63) is 63.6 Å². The van der Waals surface area contributed by atoms with E-state index in [1.807, 2.05) is 30.3 Å². The minimum Gasteiger partial charge on any atom is -0.478 e. The predicted molar refractivity (Wildman–Crippen MR) is 96.4 cm³/mol. The van der Waals surface area contributed by atoms with Crippen LogP contribution in [0.2, 0.25) is 10.0 Å². The Morgan fingerprint density at radius 3 is 2.20 bits per heavy atom. The first-order chi connectivity index (χ1) is 11.9. The van der Waals surface area contributed by atoms with Crippen molar-refractivity contribution in [1.82, 2.24) is 4.90 Å². The fraction of sp³-hybridized carbons (Fsp3) is 0.176. The Hall–Kier alpha value is -2.28. The van der Waals surface area contributed by atoms with Crippen LogP contribution in [0.1, 0.15) is 15.9 Å². The Morgan fingerprint density at radius 1 is 1.08 bits per heavy atom. The van der Waals surface area contributed by atoms with Crippen LogP contribution in [0.4, 0.5) is 10.5 Å². The molecule has 132 valence electrons. The maximum Gasteiger partial charge on any atom is 0.335 e. The van der Waals surface area contributed by atoms with Gasteiger partial charge in [-0.3, -0.25) is 0 Å². The molecule has 0 aliphatic carbocycles. The molecule has 2 aromatic carbocycles. The van der Waals surface area contributed by atoms with Crippen molar-refractivity contribution < 1.29 is 19.8 Å². The van der Waals surface area contributed by atoms with Gasteiger partial charge in [0.15, 0.2) is 0 Å². The molecule has 0 aliphatic heterocycles. The first kappa shape index (κ1) is 19.1. The Morgan fingerprint density at radius 2 is 1.68 bits per heavy atom. The van der Waals surface area contributed by atoms with Gasteiger partial charge in [-0.25, -0.2) is 9.59 Å². The summed E-state index contributed by atoms with van der Waals surface area (Å²) in [6.45, 7) is 0.193. The van der Waals surface area contributed by atoms with Crippen molar-refractivity contribution in [2.75, 3.05) is 18.5 Å². The molecule has 0 fully saturated rings. The molecule has 6 nitrogen and oxygen atoms in total. The maximum atomic E-state index is 12.5. The highest BCUT2D eigenvalue weighted by atomic mass is 35.5. The fourth-order valence-electron chi connectivity index (χ4n) is 2.18. The van der Waals surface area contributed by atoms with Crippen LogP contribution >= 0.6 is 23.2 Å². The quantitative estimate of drug-likeness (QED) is 0.709. The number of nitrogens with zero attached hydrogens (tertiary/aromatic N) is 1. The van der Waals surface area contributed by atoms with E-state index in [0.29, 0.717) is 0 Å². The molecule has 2 amide bonds. The summed E-state index contributed by atoms with van der Waals surface area (Å²) in [5.41, 5.74) is 0.934. The van der Waals surface area contributed by atoms with Gasteiger partial charge in [-0.05, 0) is 17.7 Å². The zero-order valence-corrected chi connectivity index (χ0v) is 14.6. The molecule has 0 aliphatic rings. The Kier molecular flexibility index (Phi) is 6.64. The monoisotopic (exact) mass is 382 g/mol. The molecule has 0 bridgehead atoms. The van der Waals surface area contributed by atoms with E-state index in [0.717, 1.165) is 5.56 Å². The van der Waals surface area contributed by atoms with Gasteiger partial charge in [0, 0.05) is 13.1 Å². The third-order valence-electron chi connectivity index (χ3n) is 3.39.